The summed E-state index contributed by atoms with van der Waals surface area (Å²) in [4.78, 5) is 0. The lowest BCUT2D eigenvalue weighted by Crippen LogP contribution is -2.15. The molecule has 0 unspecified atom stereocenters. The summed E-state index contributed by atoms with van der Waals surface area (Å²) in [6, 6.07) is 47.0. The van der Waals surface area contributed by atoms with E-state index in [9.17, 15) is 0 Å². The van der Waals surface area contributed by atoms with Crippen molar-refractivity contribution in [2.75, 3.05) is 5.73 Å². The lowest BCUT2D eigenvalue weighted by Gasteiger charge is -2.23. The van der Waals surface area contributed by atoms with Gasteiger partial charge in [0.15, 0.2) is 0 Å². The van der Waals surface area contributed by atoms with E-state index >= 15 is 0 Å². The number of benzene rings is 6. The minimum atomic E-state index is -0.0904. The van der Waals surface area contributed by atoms with Crippen molar-refractivity contribution in [3.05, 3.63) is 150 Å². The summed E-state index contributed by atoms with van der Waals surface area (Å²) < 4.78 is 0. The summed E-state index contributed by atoms with van der Waals surface area (Å²) >= 11 is 0. The molecule has 1 nitrogen and oxygen atoms in total. The molecular weight excluding hydrogens is 518 g/mol. The lowest BCUT2D eigenvalue weighted by molar-refractivity contribution is 0.659. The van der Waals surface area contributed by atoms with Gasteiger partial charge in [0, 0.05) is 16.5 Å². The van der Waals surface area contributed by atoms with E-state index in [1.54, 1.807) is 0 Å². The van der Waals surface area contributed by atoms with Gasteiger partial charge < -0.3 is 5.73 Å². The van der Waals surface area contributed by atoms with Crippen molar-refractivity contribution in [1.29, 1.82) is 0 Å². The Morgan fingerprint density at radius 1 is 0.349 bits per heavy atom. The summed E-state index contributed by atoms with van der Waals surface area (Å²) in [6.07, 6.45) is 0. The van der Waals surface area contributed by atoms with Crippen molar-refractivity contribution < 1.29 is 0 Å². The maximum absolute atomic E-state index is 5.88. The van der Waals surface area contributed by atoms with Gasteiger partial charge in [-0.1, -0.05) is 125 Å². The van der Waals surface area contributed by atoms with Gasteiger partial charge in [-0.25, -0.2) is 0 Å². The average Bonchev–Trinajstić information content (AvgIpc) is 3.40. The second-order valence-corrected chi connectivity index (χ2v) is 13.3. The Labute approximate surface area is 254 Å². The molecule has 2 aliphatic carbocycles. The molecule has 6 aromatic carbocycles. The fraction of sp³-hybridized carbons (Fsp3) is 0.143. The van der Waals surface area contributed by atoms with Gasteiger partial charge >= 0.3 is 0 Å². The molecule has 1 heteroatoms. The van der Waals surface area contributed by atoms with Crippen LogP contribution in [0.15, 0.2) is 127 Å². The summed E-state index contributed by atoms with van der Waals surface area (Å²) in [5.41, 5.74) is 25.1. The van der Waals surface area contributed by atoms with Crippen LogP contribution < -0.4 is 5.73 Å². The van der Waals surface area contributed by atoms with E-state index in [2.05, 4.69) is 143 Å². The molecule has 0 heterocycles. The number of hydrogen-bond donors (Lipinski definition) is 1. The zero-order valence-corrected chi connectivity index (χ0v) is 25.2. The second-order valence-electron chi connectivity index (χ2n) is 13.3. The van der Waals surface area contributed by atoms with Gasteiger partial charge in [-0.3, -0.25) is 0 Å². The molecular formula is C42H35N. The number of rotatable bonds is 3. The number of hydrogen-bond acceptors (Lipinski definition) is 1. The van der Waals surface area contributed by atoms with Crippen molar-refractivity contribution in [3.8, 4) is 55.6 Å². The normalized spacial score (nSPS) is 15.0. The molecule has 2 N–H and O–H groups in total. The summed E-state index contributed by atoms with van der Waals surface area (Å²) in [5, 5.41) is 0. The van der Waals surface area contributed by atoms with Gasteiger partial charge in [0.25, 0.3) is 0 Å². The fourth-order valence-corrected chi connectivity index (χ4v) is 7.51. The molecule has 0 fully saturated rings. The maximum atomic E-state index is 5.88. The first-order valence-electron chi connectivity index (χ1n) is 15.2. The van der Waals surface area contributed by atoms with Gasteiger partial charge in [0.1, 0.15) is 0 Å². The molecule has 0 spiro atoms. The molecule has 2 aliphatic rings. The third-order valence-corrected chi connectivity index (χ3v) is 10.1. The highest BCUT2D eigenvalue weighted by atomic mass is 14.5. The smallest absolute Gasteiger partial charge is 0.0314 e. The molecule has 0 atom stereocenters. The molecule has 43 heavy (non-hydrogen) atoms. The van der Waals surface area contributed by atoms with Crippen molar-refractivity contribution in [3.63, 3.8) is 0 Å². The average molecular weight is 554 g/mol. The van der Waals surface area contributed by atoms with E-state index < -0.39 is 0 Å². The topological polar surface area (TPSA) is 26.0 Å². The Morgan fingerprint density at radius 3 is 1.16 bits per heavy atom. The Bertz CT molecular complexity index is 2060. The fourth-order valence-electron chi connectivity index (χ4n) is 7.51. The van der Waals surface area contributed by atoms with Crippen LogP contribution in [-0.4, -0.2) is 0 Å². The van der Waals surface area contributed by atoms with Crippen LogP contribution in [0.3, 0.4) is 0 Å². The van der Waals surface area contributed by atoms with Crippen molar-refractivity contribution in [1.82, 2.24) is 0 Å². The molecule has 208 valence electrons. The Balaban J connectivity index is 1.14. The second kappa shape index (κ2) is 9.06. The van der Waals surface area contributed by atoms with Crippen molar-refractivity contribution in [2.24, 2.45) is 0 Å². The molecule has 0 saturated heterocycles. The number of nitrogen functional groups attached to an aromatic ring is 1. The first-order chi connectivity index (χ1) is 20.7. The van der Waals surface area contributed by atoms with E-state index in [0.717, 1.165) is 5.69 Å². The van der Waals surface area contributed by atoms with E-state index in [4.69, 9.17) is 5.73 Å². The quantitative estimate of drug-likeness (QED) is 0.217. The molecule has 0 aliphatic heterocycles. The monoisotopic (exact) mass is 553 g/mol. The van der Waals surface area contributed by atoms with Crippen LogP contribution in [0.4, 0.5) is 5.69 Å². The van der Waals surface area contributed by atoms with Gasteiger partial charge in [0.2, 0.25) is 0 Å². The van der Waals surface area contributed by atoms with Crippen molar-refractivity contribution in [2.45, 2.75) is 38.5 Å². The van der Waals surface area contributed by atoms with E-state index in [1.807, 2.05) is 12.1 Å². The minimum Gasteiger partial charge on any atom is -0.399 e. The molecule has 6 aromatic rings. The van der Waals surface area contributed by atoms with E-state index in [1.165, 1.54) is 77.9 Å². The standard InChI is InChI=1S/C42H35N/c1-41(2)37-8-6-5-7-33(37)34-21-16-30(24-38(34)41)31-17-22-36-35-20-15-29(23-39(35)42(3,4)40(36)25-31)28-11-9-26(10-12-28)27-13-18-32(43)19-14-27/h5-25H,43H2,1-4H3. The van der Waals surface area contributed by atoms with Gasteiger partial charge in [-0.15, -0.1) is 0 Å². The molecule has 0 bridgehead atoms. The first kappa shape index (κ1) is 25.8. The Morgan fingerprint density at radius 2 is 0.674 bits per heavy atom. The summed E-state index contributed by atoms with van der Waals surface area (Å²) in [6.45, 7) is 9.45. The Hall–Kier alpha value is -4.88. The molecule has 0 aromatic heterocycles. The highest BCUT2D eigenvalue weighted by Gasteiger charge is 2.37. The molecule has 0 saturated carbocycles. The summed E-state index contributed by atoms with van der Waals surface area (Å²) in [7, 11) is 0. The van der Waals surface area contributed by atoms with Crippen LogP contribution in [0.2, 0.25) is 0 Å². The predicted molar refractivity (Wildman–Crippen MR) is 182 cm³/mol. The molecule has 0 amide bonds. The largest absolute Gasteiger partial charge is 0.399 e. The zero-order chi connectivity index (χ0) is 29.5. The SMILES string of the molecule is CC1(C)c2ccccc2-c2ccc(-c3ccc4c(c3)C(C)(C)c3cc(-c5ccc(-c6ccc(N)cc6)cc5)ccc3-4)cc21. The number of nitrogens with two attached hydrogens (primary N) is 1. The number of fused-ring (bicyclic) bond motifs is 6. The van der Waals surface area contributed by atoms with Gasteiger partial charge in [0.05, 0.1) is 0 Å². The molecule has 8 rings (SSSR count). The van der Waals surface area contributed by atoms with Crippen LogP contribution in [-0.2, 0) is 10.8 Å². The van der Waals surface area contributed by atoms with E-state index in [0.29, 0.717) is 0 Å². The summed E-state index contributed by atoms with van der Waals surface area (Å²) in [5.74, 6) is 0. The van der Waals surface area contributed by atoms with Gasteiger partial charge in [-0.2, -0.15) is 0 Å². The zero-order valence-electron chi connectivity index (χ0n) is 25.2. The predicted octanol–water partition coefficient (Wildman–Crippen LogP) is 10.9. The molecule has 0 radical (unpaired) electrons. The van der Waals surface area contributed by atoms with Crippen LogP contribution in [0.25, 0.3) is 55.6 Å². The highest BCUT2D eigenvalue weighted by Crippen LogP contribution is 2.52. The van der Waals surface area contributed by atoms with Crippen LogP contribution in [0, 0.1) is 0 Å². The van der Waals surface area contributed by atoms with E-state index in [-0.39, 0.29) is 10.8 Å². The Kier molecular flexibility index (Phi) is 5.43. The number of anilines is 1. The lowest BCUT2D eigenvalue weighted by atomic mass is 9.80. The maximum Gasteiger partial charge on any atom is 0.0314 e. The van der Waals surface area contributed by atoms with Crippen molar-refractivity contribution >= 4 is 5.69 Å². The minimum absolute atomic E-state index is 0.00211. The van der Waals surface area contributed by atoms with Gasteiger partial charge in [-0.05, 0) is 108 Å². The third kappa shape index (κ3) is 3.85. The van der Waals surface area contributed by atoms with Crippen LogP contribution in [0.5, 0.6) is 0 Å². The third-order valence-electron chi connectivity index (χ3n) is 10.1. The van der Waals surface area contributed by atoms with Crippen LogP contribution in [0.1, 0.15) is 49.9 Å². The highest BCUT2D eigenvalue weighted by molar-refractivity contribution is 5.88. The van der Waals surface area contributed by atoms with Crippen LogP contribution >= 0.6 is 0 Å². The first-order valence-corrected chi connectivity index (χ1v) is 15.2.